The van der Waals surface area contributed by atoms with E-state index >= 15 is 0 Å². The molecule has 1 unspecified atom stereocenters. The number of benzene rings is 3. The van der Waals surface area contributed by atoms with Crippen LogP contribution in [-0.4, -0.2) is 27.9 Å². The van der Waals surface area contributed by atoms with Gasteiger partial charge in [0.1, 0.15) is 6.04 Å². The van der Waals surface area contributed by atoms with E-state index in [0.717, 1.165) is 16.6 Å². The fourth-order valence-electron chi connectivity index (χ4n) is 4.09. The summed E-state index contributed by atoms with van der Waals surface area (Å²) in [4.78, 5) is 32.8. The predicted octanol–water partition coefficient (Wildman–Crippen LogP) is 4.85. The molecule has 1 aliphatic heterocycles. The zero-order valence-corrected chi connectivity index (χ0v) is 18.0. The molecule has 7 heteroatoms. The van der Waals surface area contributed by atoms with Crippen LogP contribution in [0.5, 0.6) is 0 Å². The summed E-state index contributed by atoms with van der Waals surface area (Å²) in [6.45, 7) is 0.498. The van der Waals surface area contributed by atoms with Gasteiger partial charge in [-0.2, -0.15) is 0 Å². The zero-order chi connectivity index (χ0) is 22.1. The van der Waals surface area contributed by atoms with Gasteiger partial charge in [-0.15, -0.1) is 0 Å². The minimum Gasteiger partial charge on any atom is -0.324 e. The van der Waals surface area contributed by atoms with E-state index in [0.29, 0.717) is 29.6 Å². The Hall–Kier alpha value is -3.64. The second-order valence-electron chi connectivity index (χ2n) is 7.77. The van der Waals surface area contributed by atoms with Crippen molar-refractivity contribution < 1.29 is 9.59 Å². The Kier molecular flexibility index (Phi) is 5.37. The molecule has 0 fully saturated rings. The van der Waals surface area contributed by atoms with Gasteiger partial charge in [0.15, 0.2) is 0 Å². The average Bonchev–Trinajstić information content (AvgIpc) is 3.19. The number of rotatable bonds is 5. The van der Waals surface area contributed by atoms with Crippen molar-refractivity contribution in [3.05, 3.63) is 89.4 Å². The van der Waals surface area contributed by atoms with Gasteiger partial charge >= 0.3 is 0 Å². The van der Waals surface area contributed by atoms with Gasteiger partial charge in [-0.3, -0.25) is 19.1 Å². The molecule has 1 aliphatic rings. The van der Waals surface area contributed by atoms with Gasteiger partial charge in [0.25, 0.3) is 0 Å². The highest BCUT2D eigenvalue weighted by Crippen LogP contribution is 2.34. The van der Waals surface area contributed by atoms with Crippen LogP contribution in [0.2, 0.25) is 5.02 Å². The molecule has 2 heterocycles. The minimum atomic E-state index is -0.687. The summed E-state index contributed by atoms with van der Waals surface area (Å²) in [5.41, 5.74) is 3.36. The van der Waals surface area contributed by atoms with Gasteiger partial charge in [0.05, 0.1) is 17.5 Å². The van der Waals surface area contributed by atoms with E-state index in [2.05, 4.69) is 5.32 Å². The Labute approximate surface area is 190 Å². The molecule has 32 heavy (non-hydrogen) atoms. The van der Waals surface area contributed by atoms with Crippen LogP contribution >= 0.6 is 11.6 Å². The highest BCUT2D eigenvalue weighted by atomic mass is 35.5. The number of anilines is 2. The number of nitrogens with zero attached hydrogens (tertiary/aromatic N) is 3. The van der Waals surface area contributed by atoms with Crippen molar-refractivity contribution in [2.75, 3.05) is 16.8 Å². The quantitative estimate of drug-likeness (QED) is 0.478. The Morgan fingerprint density at radius 3 is 2.50 bits per heavy atom. The first-order valence-corrected chi connectivity index (χ1v) is 10.9. The monoisotopic (exact) mass is 444 g/mol. The van der Waals surface area contributed by atoms with Gasteiger partial charge in [0.2, 0.25) is 17.8 Å². The van der Waals surface area contributed by atoms with Crippen LogP contribution in [0, 0.1) is 0 Å². The molecule has 160 valence electrons. The largest absolute Gasteiger partial charge is 0.324 e. The van der Waals surface area contributed by atoms with Crippen LogP contribution in [0.25, 0.3) is 11.0 Å². The Bertz CT molecular complexity index is 1280. The first-order chi connectivity index (χ1) is 15.6. The van der Waals surface area contributed by atoms with Crippen molar-refractivity contribution >= 4 is 46.1 Å². The summed E-state index contributed by atoms with van der Waals surface area (Å²) in [7, 11) is 0. The minimum absolute atomic E-state index is 0.0710. The van der Waals surface area contributed by atoms with Crippen molar-refractivity contribution in [3.8, 4) is 0 Å². The number of nitrogens with one attached hydrogen (secondary N) is 1. The van der Waals surface area contributed by atoms with E-state index in [1.54, 1.807) is 29.2 Å². The number of carbonyl (C=O) groups is 2. The Morgan fingerprint density at radius 1 is 1.00 bits per heavy atom. The van der Waals surface area contributed by atoms with Gasteiger partial charge in [0, 0.05) is 17.3 Å². The lowest BCUT2D eigenvalue weighted by atomic mass is 10.1. The van der Waals surface area contributed by atoms with Crippen molar-refractivity contribution in [3.63, 3.8) is 0 Å². The molecular formula is C25H21ClN4O2. The molecule has 0 aliphatic carbocycles. The second-order valence-corrected chi connectivity index (χ2v) is 8.20. The first-order valence-electron chi connectivity index (χ1n) is 10.5. The van der Waals surface area contributed by atoms with Crippen LogP contribution in [0.1, 0.15) is 18.0 Å². The van der Waals surface area contributed by atoms with Crippen LogP contribution in [0.15, 0.2) is 78.9 Å². The Balaban J connectivity index is 1.49. The molecule has 2 amide bonds. The lowest BCUT2D eigenvalue weighted by Crippen LogP contribution is -2.44. The molecule has 0 saturated heterocycles. The van der Waals surface area contributed by atoms with Crippen molar-refractivity contribution in [2.24, 2.45) is 0 Å². The van der Waals surface area contributed by atoms with Gasteiger partial charge in [-0.25, -0.2) is 4.98 Å². The van der Waals surface area contributed by atoms with Crippen LogP contribution < -0.4 is 10.2 Å². The molecule has 0 bridgehead atoms. The maximum Gasteiger partial charge on any atom is 0.248 e. The number of hydrogen-bond donors (Lipinski definition) is 1. The molecule has 5 rings (SSSR count). The normalized spacial score (nSPS) is 15.6. The van der Waals surface area contributed by atoms with Gasteiger partial charge in [-0.05, 0) is 48.4 Å². The van der Waals surface area contributed by atoms with Crippen LogP contribution in [0.3, 0.4) is 0 Å². The lowest BCUT2D eigenvalue weighted by Gasteiger charge is -2.32. The maximum absolute atomic E-state index is 13.2. The van der Waals surface area contributed by atoms with Crippen molar-refractivity contribution in [2.45, 2.75) is 18.9 Å². The lowest BCUT2D eigenvalue weighted by molar-refractivity contribution is -0.126. The number of amides is 2. The van der Waals surface area contributed by atoms with Crippen LogP contribution in [0.4, 0.5) is 11.6 Å². The number of para-hydroxylation sites is 2. The molecule has 6 nitrogen and oxygen atoms in total. The average molecular weight is 445 g/mol. The number of aromatic nitrogens is 2. The SMILES string of the molecule is O=C(Nc1ccc(Cl)cc1)C1CC(=O)N(CCc2ccccc2)c2nc3ccccc3n21. The molecule has 3 aromatic carbocycles. The third-order valence-electron chi connectivity index (χ3n) is 5.68. The third-order valence-corrected chi connectivity index (χ3v) is 5.93. The standard InChI is InChI=1S/C25H21ClN4O2/c26-18-10-12-19(13-11-18)27-24(32)22-16-23(31)29(15-14-17-6-2-1-3-7-17)25-28-20-8-4-5-9-21(20)30(22)25/h1-13,22H,14-16H2,(H,27,32). The summed E-state index contributed by atoms with van der Waals surface area (Å²) >= 11 is 5.95. The summed E-state index contributed by atoms with van der Waals surface area (Å²) in [6.07, 6.45) is 0.777. The van der Waals surface area contributed by atoms with E-state index in [9.17, 15) is 9.59 Å². The molecule has 1 atom stereocenters. The zero-order valence-electron chi connectivity index (χ0n) is 17.2. The van der Waals surface area contributed by atoms with Crippen molar-refractivity contribution in [1.29, 1.82) is 0 Å². The Morgan fingerprint density at radius 2 is 1.72 bits per heavy atom. The number of hydrogen-bond acceptors (Lipinski definition) is 3. The first kappa shape index (κ1) is 20.3. The smallest absolute Gasteiger partial charge is 0.248 e. The predicted molar refractivity (Wildman–Crippen MR) is 126 cm³/mol. The van der Waals surface area contributed by atoms with E-state index in [1.165, 1.54) is 0 Å². The van der Waals surface area contributed by atoms with Crippen LogP contribution in [-0.2, 0) is 16.0 Å². The van der Waals surface area contributed by atoms with Gasteiger partial charge < -0.3 is 5.32 Å². The summed E-state index contributed by atoms with van der Waals surface area (Å²) in [5, 5.41) is 3.50. The molecule has 0 radical (unpaired) electrons. The molecule has 0 saturated carbocycles. The van der Waals surface area contributed by atoms with Crippen molar-refractivity contribution in [1.82, 2.24) is 9.55 Å². The fourth-order valence-corrected chi connectivity index (χ4v) is 4.21. The maximum atomic E-state index is 13.2. The van der Waals surface area contributed by atoms with E-state index in [-0.39, 0.29) is 18.2 Å². The third kappa shape index (κ3) is 3.85. The summed E-state index contributed by atoms with van der Waals surface area (Å²) in [5.74, 6) is 0.141. The number of halogens is 1. The van der Waals surface area contributed by atoms with Gasteiger partial charge in [-0.1, -0.05) is 54.1 Å². The number of fused-ring (bicyclic) bond motifs is 3. The summed E-state index contributed by atoms with van der Waals surface area (Å²) in [6, 6.07) is 23.9. The fraction of sp³-hybridized carbons (Fsp3) is 0.160. The highest BCUT2D eigenvalue weighted by Gasteiger charge is 2.37. The topological polar surface area (TPSA) is 67.2 Å². The second kappa shape index (κ2) is 8.48. The van der Waals surface area contributed by atoms with E-state index in [4.69, 9.17) is 16.6 Å². The molecule has 0 spiro atoms. The van der Waals surface area contributed by atoms with E-state index < -0.39 is 6.04 Å². The number of carbonyl (C=O) groups excluding carboxylic acids is 2. The van der Waals surface area contributed by atoms with E-state index in [1.807, 2.05) is 59.2 Å². The molecule has 1 aromatic heterocycles. The summed E-state index contributed by atoms with van der Waals surface area (Å²) < 4.78 is 1.88. The number of imidazole rings is 1. The molecule has 1 N–H and O–H groups in total. The highest BCUT2D eigenvalue weighted by molar-refractivity contribution is 6.30. The molecular weight excluding hydrogens is 424 g/mol. The molecule has 4 aromatic rings.